The maximum Gasteiger partial charge on any atom is 0.244 e. The van der Waals surface area contributed by atoms with E-state index >= 15 is 0 Å². The van der Waals surface area contributed by atoms with Crippen LogP contribution in [0.5, 0.6) is 0 Å². The zero-order chi connectivity index (χ0) is 21.5. The number of morpholine rings is 1. The third-order valence-electron chi connectivity index (χ3n) is 5.02. The van der Waals surface area contributed by atoms with Gasteiger partial charge in [-0.2, -0.15) is 5.10 Å². The van der Waals surface area contributed by atoms with E-state index in [-0.39, 0.29) is 12.0 Å². The molecule has 2 aromatic rings. The van der Waals surface area contributed by atoms with Crippen LogP contribution >= 0.6 is 11.6 Å². The largest absolute Gasteiger partial charge is 0.374 e. The zero-order valence-electron chi connectivity index (χ0n) is 18.0. The maximum atomic E-state index is 12.3. The highest BCUT2D eigenvalue weighted by Gasteiger charge is 2.21. The Morgan fingerprint density at radius 2 is 2.13 bits per heavy atom. The normalized spacial score (nSPS) is 17.7. The summed E-state index contributed by atoms with van der Waals surface area (Å²) in [5.41, 5.74) is 2.89. The lowest BCUT2D eigenvalue weighted by molar-refractivity contribution is -0.117. The van der Waals surface area contributed by atoms with Crippen molar-refractivity contribution in [1.82, 2.24) is 20.0 Å². The van der Waals surface area contributed by atoms with Gasteiger partial charge in [-0.1, -0.05) is 55.8 Å². The Bertz CT molecular complexity index is 864. The third kappa shape index (κ3) is 6.42. The molecule has 1 amide bonds. The molecule has 30 heavy (non-hydrogen) atoms. The van der Waals surface area contributed by atoms with E-state index in [0.717, 1.165) is 37.4 Å². The minimum Gasteiger partial charge on any atom is -0.374 e. The molecule has 0 spiro atoms. The molecule has 7 heteroatoms. The fraction of sp³-hybridized carbons (Fsp3) is 0.478. The minimum absolute atomic E-state index is 0.0149. The molecule has 162 valence electrons. The van der Waals surface area contributed by atoms with Crippen molar-refractivity contribution in [3.8, 4) is 0 Å². The Kier molecular flexibility index (Phi) is 8.08. The molecule has 1 aliphatic rings. The van der Waals surface area contributed by atoms with Crippen LogP contribution in [0.1, 0.15) is 30.7 Å². The van der Waals surface area contributed by atoms with Crippen LogP contribution in [0.3, 0.4) is 0 Å². The van der Waals surface area contributed by atoms with E-state index in [0.29, 0.717) is 24.2 Å². The van der Waals surface area contributed by atoms with E-state index in [1.54, 1.807) is 10.8 Å². The standard InChI is InChI=1S/C23H31ClN4O2/c1-17(2)14-28-23(24)21(18(3)26-28)9-10-22(29)25-13-20-16-27(11-12-30-20)15-19-7-5-4-6-8-19/h4-10,17,20H,11-16H2,1-3H3,(H,25,29)/b10-9+. The highest BCUT2D eigenvalue weighted by molar-refractivity contribution is 6.31. The Morgan fingerprint density at radius 1 is 1.37 bits per heavy atom. The molecule has 6 nitrogen and oxygen atoms in total. The van der Waals surface area contributed by atoms with Crippen molar-refractivity contribution in [2.24, 2.45) is 5.92 Å². The molecule has 1 aromatic carbocycles. The summed E-state index contributed by atoms with van der Waals surface area (Å²) in [6.45, 7) is 10.6. The SMILES string of the molecule is Cc1nn(CC(C)C)c(Cl)c1/C=C/C(=O)NCC1CN(Cc2ccccc2)CCO1. The number of hydrogen-bond donors (Lipinski definition) is 1. The van der Waals surface area contributed by atoms with E-state index in [4.69, 9.17) is 16.3 Å². The molecule has 3 rings (SSSR count). The predicted octanol–water partition coefficient (Wildman–Crippen LogP) is 3.53. The Balaban J connectivity index is 1.49. The molecule has 1 aromatic heterocycles. The number of ether oxygens (including phenoxy) is 1. The summed E-state index contributed by atoms with van der Waals surface area (Å²) in [5, 5.41) is 7.97. The van der Waals surface area contributed by atoms with E-state index < -0.39 is 0 Å². The van der Waals surface area contributed by atoms with Gasteiger partial charge in [-0.05, 0) is 24.5 Å². The molecule has 2 heterocycles. The van der Waals surface area contributed by atoms with Gasteiger partial charge in [0.25, 0.3) is 0 Å². The van der Waals surface area contributed by atoms with Gasteiger partial charge in [0.2, 0.25) is 5.91 Å². The average Bonchev–Trinajstić information content (AvgIpc) is 2.98. The summed E-state index contributed by atoms with van der Waals surface area (Å²) in [7, 11) is 0. The zero-order valence-corrected chi connectivity index (χ0v) is 18.7. The van der Waals surface area contributed by atoms with Gasteiger partial charge in [0.15, 0.2) is 0 Å². The van der Waals surface area contributed by atoms with Gasteiger partial charge >= 0.3 is 0 Å². The van der Waals surface area contributed by atoms with Crippen molar-refractivity contribution in [3.05, 3.63) is 58.4 Å². The summed E-state index contributed by atoms with van der Waals surface area (Å²) in [6, 6.07) is 10.4. The van der Waals surface area contributed by atoms with Crippen LogP contribution in [0.2, 0.25) is 5.15 Å². The second-order valence-corrected chi connectivity index (χ2v) is 8.52. The van der Waals surface area contributed by atoms with Crippen molar-refractivity contribution in [2.75, 3.05) is 26.2 Å². The van der Waals surface area contributed by atoms with Crippen LogP contribution in [0.4, 0.5) is 0 Å². The number of nitrogens with zero attached hydrogens (tertiary/aromatic N) is 3. The lowest BCUT2D eigenvalue weighted by Gasteiger charge is -2.33. The van der Waals surface area contributed by atoms with Crippen molar-refractivity contribution in [3.63, 3.8) is 0 Å². The molecule has 0 radical (unpaired) electrons. The number of carbonyl (C=O) groups is 1. The van der Waals surface area contributed by atoms with E-state index in [1.807, 2.05) is 13.0 Å². The van der Waals surface area contributed by atoms with Crippen LogP contribution in [-0.4, -0.2) is 52.9 Å². The van der Waals surface area contributed by atoms with Crippen molar-refractivity contribution in [1.29, 1.82) is 0 Å². The van der Waals surface area contributed by atoms with Gasteiger partial charge in [-0.3, -0.25) is 14.4 Å². The average molecular weight is 431 g/mol. The first-order chi connectivity index (χ1) is 14.4. The molecule has 0 saturated carbocycles. The molecule has 0 aliphatic carbocycles. The van der Waals surface area contributed by atoms with Crippen molar-refractivity contribution in [2.45, 2.75) is 40.0 Å². The minimum atomic E-state index is -0.161. The number of nitrogens with one attached hydrogen (secondary N) is 1. The van der Waals surface area contributed by atoms with Gasteiger partial charge < -0.3 is 10.1 Å². The number of halogens is 1. The molecule has 1 aliphatic heterocycles. The van der Waals surface area contributed by atoms with E-state index in [2.05, 4.69) is 53.4 Å². The van der Waals surface area contributed by atoms with Gasteiger partial charge in [-0.15, -0.1) is 0 Å². The number of benzene rings is 1. The summed E-state index contributed by atoms with van der Waals surface area (Å²) < 4.78 is 7.61. The quantitative estimate of drug-likeness (QED) is 0.651. The second kappa shape index (κ2) is 10.8. The lowest BCUT2D eigenvalue weighted by atomic mass is 10.2. The Morgan fingerprint density at radius 3 is 2.87 bits per heavy atom. The number of carbonyl (C=O) groups excluding carboxylic acids is 1. The van der Waals surface area contributed by atoms with Crippen LogP contribution in [0, 0.1) is 12.8 Å². The first kappa shape index (κ1) is 22.5. The number of aryl methyl sites for hydroxylation is 1. The van der Waals surface area contributed by atoms with Gasteiger partial charge in [0.1, 0.15) is 5.15 Å². The van der Waals surface area contributed by atoms with Crippen molar-refractivity contribution < 1.29 is 9.53 Å². The summed E-state index contributed by atoms with van der Waals surface area (Å²) >= 11 is 6.43. The fourth-order valence-electron chi connectivity index (χ4n) is 3.54. The Labute approximate surface area is 183 Å². The number of hydrogen-bond acceptors (Lipinski definition) is 4. The lowest BCUT2D eigenvalue weighted by Crippen LogP contribution is -2.46. The van der Waals surface area contributed by atoms with E-state index in [9.17, 15) is 4.79 Å². The maximum absolute atomic E-state index is 12.3. The molecular formula is C23H31ClN4O2. The summed E-state index contributed by atoms with van der Waals surface area (Å²) in [5.74, 6) is 0.282. The smallest absolute Gasteiger partial charge is 0.244 e. The van der Waals surface area contributed by atoms with E-state index in [1.165, 1.54) is 11.6 Å². The van der Waals surface area contributed by atoms with Crippen LogP contribution in [-0.2, 0) is 22.6 Å². The molecule has 1 atom stereocenters. The third-order valence-corrected chi connectivity index (χ3v) is 5.42. The molecule has 1 N–H and O–H groups in total. The first-order valence-corrected chi connectivity index (χ1v) is 10.9. The number of amides is 1. The Hall–Kier alpha value is -2.15. The highest BCUT2D eigenvalue weighted by Crippen LogP contribution is 2.22. The fourth-order valence-corrected chi connectivity index (χ4v) is 3.85. The predicted molar refractivity (Wildman–Crippen MR) is 120 cm³/mol. The summed E-state index contributed by atoms with van der Waals surface area (Å²) in [6.07, 6.45) is 3.24. The highest BCUT2D eigenvalue weighted by atomic mass is 35.5. The van der Waals surface area contributed by atoms with Gasteiger partial charge in [-0.25, -0.2) is 0 Å². The van der Waals surface area contributed by atoms with Gasteiger partial charge in [0.05, 0.1) is 18.4 Å². The summed E-state index contributed by atoms with van der Waals surface area (Å²) in [4.78, 5) is 14.7. The van der Waals surface area contributed by atoms with Crippen LogP contribution in [0.15, 0.2) is 36.4 Å². The molecule has 1 saturated heterocycles. The second-order valence-electron chi connectivity index (χ2n) is 8.16. The molecular weight excluding hydrogens is 400 g/mol. The first-order valence-electron chi connectivity index (χ1n) is 10.5. The topological polar surface area (TPSA) is 59.4 Å². The number of rotatable bonds is 8. The number of aromatic nitrogens is 2. The molecule has 0 bridgehead atoms. The molecule has 1 unspecified atom stereocenters. The van der Waals surface area contributed by atoms with Crippen LogP contribution in [0.25, 0.3) is 6.08 Å². The van der Waals surface area contributed by atoms with Crippen molar-refractivity contribution >= 4 is 23.6 Å². The van der Waals surface area contributed by atoms with Crippen LogP contribution < -0.4 is 5.32 Å². The van der Waals surface area contributed by atoms with Gasteiger partial charge in [0, 0.05) is 44.4 Å². The monoisotopic (exact) mass is 430 g/mol. The molecule has 1 fully saturated rings.